The van der Waals surface area contributed by atoms with Crippen LogP contribution in [0.25, 0.3) is 10.9 Å². The third kappa shape index (κ3) is 2.56. The maximum Gasteiger partial charge on any atom is 0.121 e. The Hall–Kier alpha value is -2.20. The highest BCUT2D eigenvalue weighted by atomic mass is 32.1. The van der Waals surface area contributed by atoms with Crippen molar-refractivity contribution in [3.05, 3.63) is 54.7 Å². The molecule has 3 rings (SSSR count). The first-order chi connectivity index (χ1) is 9.76. The van der Waals surface area contributed by atoms with Gasteiger partial charge in [0, 0.05) is 33.9 Å². The summed E-state index contributed by atoms with van der Waals surface area (Å²) >= 11 is 4.29. The van der Waals surface area contributed by atoms with Gasteiger partial charge in [-0.25, -0.2) is 0 Å². The summed E-state index contributed by atoms with van der Waals surface area (Å²) in [5, 5.41) is 4.46. The van der Waals surface area contributed by atoms with Crippen LogP contribution in [-0.2, 0) is 0 Å². The van der Waals surface area contributed by atoms with Crippen molar-refractivity contribution in [2.75, 3.05) is 12.4 Å². The van der Waals surface area contributed by atoms with Gasteiger partial charge in [-0.15, -0.1) is 12.6 Å². The number of fused-ring (bicyclic) bond motifs is 1. The van der Waals surface area contributed by atoms with Crippen LogP contribution in [0.3, 0.4) is 0 Å². The third-order valence-electron chi connectivity index (χ3n) is 3.10. The number of ether oxygens (including phenoxy) is 1. The molecule has 0 bridgehead atoms. The summed E-state index contributed by atoms with van der Waals surface area (Å²) in [6.07, 6.45) is 1.79. The van der Waals surface area contributed by atoms with Crippen LogP contribution < -0.4 is 10.1 Å². The van der Waals surface area contributed by atoms with Crippen molar-refractivity contribution in [2.45, 2.75) is 4.90 Å². The Bertz CT molecular complexity index is 741. The Morgan fingerprint density at radius 3 is 2.60 bits per heavy atom. The number of hydrogen-bond donors (Lipinski definition) is 2. The van der Waals surface area contributed by atoms with Crippen molar-refractivity contribution in [3.63, 3.8) is 0 Å². The number of anilines is 2. The van der Waals surface area contributed by atoms with Gasteiger partial charge in [-0.3, -0.25) is 4.98 Å². The molecular weight excluding hydrogens is 268 g/mol. The Morgan fingerprint density at radius 1 is 1.05 bits per heavy atom. The second-order valence-corrected chi connectivity index (χ2v) is 4.93. The number of hydrogen-bond acceptors (Lipinski definition) is 4. The molecular formula is C16H14N2OS. The quantitative estimate of drug-likeness (QED) is 0.704. The molecule has 0 saturated carbocycles. The van der Waals surface area contributed by atoms with Crippen LogP contribution in [-0.4, -0.2) is 12.1 Å². The number of nitrogens with one attached hydrogen (secondary N) is 1. The van der Waals surface area contributed by atoms with Gasteiger partial charge in [0.25, 0.3) is 0 Å². The summed E-state index contributed by atoms with van der Waals surface area (Å²) < 4.78 is 5.22. The van der Waals surface area contributed by atoms with E-state index in [1.807, 2.05) is 48.5 Å². The topological polar surface area (TPSA) is 34.1 Å². The maximum atomic E-state index is 5.22. The number of pyridine rings is 1. The molecule has 1 heterocycles. The second kappa shape index (κ2) is 5.43. The van der Waals surface area contributed by atoms with Crippen LogP contribution in [0.2, 0.25) is 0 Å². The second-order valence-electron chi connectivity index (χ2n) is 4.41. The van der Waals surface area contributed by atoms with E-state index in [1.165, 1.54) is 0 Å². The predicted octanol–water partition coefficient (Wildman–Crippen LogP) is 4.28. The lowest BCUT2D eigenvalue weighted by Crippen LogP contribution is -1.93. The molecule has 0 aliphatic carbocycles. The fourth-order valence-electron chi connectivity index (χ4n) is 2.06. The van der Waals surface area contributed by atoms with Crippen LogP contribution >= 0.6 is 12.6 Å². The highest BCUT2D eigenvalue weighted by molar-refractivity contribution is 7.80. The Balaban J connectivity index is 2.01. The summed E-state index contributed by atoms with van der Waals surface area (Å²) in [6.45, 7) is 0. The lowest BCUT2D eigenvalue weighted by atomic mass is 10.1. The van der Waals surface area contributed by atoms with E-state index in [1.54, 1.807) is 13.3 Å². The normalized spacial score (nSPS) is 10.5. The average Bonchev–Trinajstić information content (AvgIpc) is 2.49. The van der Waals surface area contributed by atoms with Gasteiger partial charge in [0.05, 0.1) is 12.6 Å². The molecule has 3 aromatic rings. The first-order valence-corrected chi connectivity index (χ1v) is 6.70. The summed E-state index contributed by atoms with van der Waals surface area (Å²) in [6, 6.07) is 15.7. The molecule has 0 saturated heterocycles. The predicted molar refractivity (Wildman–Crippen MR) is 85.3 cm³/mol. The largest absolute Gasteiger partial charge is 0.497 e. The van der Waals surface area contributed by atoms with Gasteiger partial charge in [-0.1, -0.05) is 0 Å². The zero-order valence-electron chi connectivity index (χ0n) is 11.0. The summed E-state index contributed by atoms with van der Waals surface area (Å²) in [5.41, 5.74) is 2.94. The fourth-order valence-corrected chi connectivity index (χ4v) is 2.21. The molecule has 0 spiro atoms. The number of benzene rings is 2. The van der Waals surface area contributed by atoms with Crippen molar-refractivity contribution >= 4 is 34.9 Å². The SMILES string of the molecule is COc1ccc2c(Nc3ccc(S)cc3)ccnc2c1. The van der Waals surface area contributed by atoms with E-state index < -0.39 is 0 Å². The van der Waals surface area contributed by atoms with Crippen molar-refractivity contribution in [1.82, 2.24) is 4.98 Å². The fraction of sp³-hybridized carbons (Fsp3) is 0.0625. The number of methoxy groups -OCH3 is 1. The first kappa shape index (κ1) is 12.8. The zero-order valence-corrected chi connectivity index (χ0v) is 11.9. The Kier molecular flexibility index (Phi) is 3.48. The summed E-state index contributed by atoms with van der Waals surface area (Å²) in [4.78, 5) is 5.32. The van der Waals surface area contributed by atoms with E-state index in [4.69, 9.17) is 4.74 Å². The van der Waals surface area contributed by atoms with Gasteiger partial charge in [-0.2, -0.15) is 0 Å². The van der Waals surface area contributed by atoms with Crippen molar-refractivity contribution in [3.8, 4) is 5.75 Å². The van der Waals surface area contributed by atoms with Crippen molar-refractivity contribution in [2.24, 2.45) is 0 Å². The van der Waals surface area contributed by atoms with E-state index in [-0.39, 0.29) is 0 Å². The molecule has 0 amide bonds. The van der Waals surface area contributed by atoms with Gasteiger partial charge in [0.2, 0.25) is 0 Å². The zero-order chi connectivity index (χ0) is 13.9. The molecule has 20 heavy (non-hydrogen) atoms. The van der Waals surface area contributed by atoms with Gasteiger partial charge in [0.15, 0.2) is 0 Å². The molecule has 1 N–H and O–H groups in total. The summed E-state index contributed by atoms with van der Waals surface area (Å²) in [5.74, 6) is 0.807. The van der Waals surface area contributed by atoms with E-state index in [0.717, 1.165) is 32.9 Å². The highest BCUT2D eigenvalue weighted by Crippen LogP contribution is 2.28. The molecule has 0 radical (unpaired) electrons. The minimum atomic E-state index is 0.807. The number of nitrogens with zero attached hydrogens (tertiary/aromatic N) is 1. The molecule has 100 valence electrons. The molecule has 3 nitrogen and oxygen atoms in total. The van der Waals surface area contributed by atoms with Gasteiger partial charge in [-0.05, 0) is 42.5 Å². The van der Waals surface area contributed by atoms with E-state index in [9.17, 15) is 0 Å². The van der Waals surface area contributed by atoms with Crippen molar-refractivity contribution in [1.29, 1.82) is 0 Å². The molecule has 0 unspecified atom stereocenters. The first-order valence-electron chi connectivity index (χ1n) is 6.25. The third-order valence-corrected chi connectivity index (χ3v) is 3.39. The van der Waals surface area contributed by atoms with E-state index >= 15 is 0 Å². The van der Waals surface area contributed by atoms with Crippen LogP contribution in [0.15, 0.2) is 59.6 Å². The highest BCUT2D eigenvalue weighted by Gasteiger charge is 2.03. The molecule has 0 atom stereocenters. The Labute approximate surface area is 123 Å². The van der Waals surface area contributed by atoms with Gasteiger partial charge < -0.3 is 10.1 Å². The molecule has 0 aliphatic rings. The van der Waals surface area contributed by atoms with Crippen LogP contribution in [0, 0.1) is 0 Å². The van der Waals surface area contributed by atoms with Crippen LogP contribution in [0.5, 0.6) is 5.75 Å². The minimum absolute atomic E-state index is 0.807. The monoisotopic (exact) mass is 282 g/mol. The van der Waals surface area contributed by atoms with E-state index in [0.29, 0.717) is 0 Å². The number of thiol groups is 1. The summed E-state index contributed by atoms with van der Waals surface area (Å²) in [7, 11) is 1.66. The van der Waals surface area contributed by atoms with Crippen LogP contribution in [0.1, 0.15) is 0 Å². The maximum absolute atomic E-state index is 5.22. The molecule has 2 aromatic carbocycles. The minimum Gasteiger partial charge on any atom is -0.497 e. The molecule has 1 aromatic heterocycles. The number of aromatic nitrogens is 1. The molecule has 0 fully saturated rings. The standard InChI is InChI=1S/C16H14N2OS/c1-19-12-4-7-14-15(8-9-17-16(14)10-12)18-11-2-5-13(20)6-3-11/h2-10,20H,1H3,(H,17,18). The smallest absolute Gasteiger partial charge is 0.121 e. The average molecular weight is 282 g/mol. The molecule has 4 heteroatoms. The van der Waals surface area contributed by atoms with Gasteiger partial charge in [0.1, 0.15) is 5.75 Å². The Morgan fingerprint density at radius 2 is 1.85 bits per heavy atom. The van der Waals surface area contributed by atoms with E-state index in [2.05, 4.69) is 22.9 Å². The lowest BCUT2D eigenvalue weighted by molar-refractivity contribution is 0.415. The number of rotatable bonds is 3. The molecule has 0 aliphatic heterocycles. The van der Waals surface area contributed by atoms with Crippen molar-refractivity contribution < 1.29 is 4.74 Å². The van der Waals surface area contributed by atoms with Gasteiger partial charge >= 0.3 is 0 Å². The lowest BCUT2D eigenvalue weighted by Gasteiger charge is -2.10. The van der Waals surface area contributed by atoms with Crippen LogP contribution in [0.4, 0.5) is 11.4 Å².